The molecule has 2 rings (SSSR count). The van der Waals surface area contributed by atoms with Gasteiger partial charge in [-0.2, -0.15) is 5.10 Å². The van der Waals surface area contributed by atoms with E-state index in [1.54, 1.807) is 26.0 Å². The molecule has 2 aromatic rings. The average Bonchev–Trinajstić information content (AvgIpc) is 2.60. The van der Waals surface area contributed by atoms with E-state index in [1.807, 2.05) is 31.2 Å². The van der Waals surface area contributed by atoms with E-state index in [9.17, 15) is 14.7 Å². The number of hydrogen-bond acceptors (Lipinski definition) is 4. The summed E-state index contributed by atoms with van der Waals surface area (Å²) in [6, 6.07) is 11.0. The first-order valence-electron chi connectivity index (χ1n) is 8.34. The summed E-state index contributed by atoms with van der Waals surface area (Å²) in [5.41, 5.74) is 6.47. The molecular weight excluding hydrogens is 330 g/mol. The van der Waals surface area contributed by atoms with Gasteiger partial charge < -0.3 is 10.4 Å². The standard InChI is InChI=1S/C20H23N3O3/c1-13-4-6-17(7-5-13)22-18(24)8-9-19(25)23-21-12-16-10-14(2)20(26)15(3)11-16/h4-7,10-12,26H,8-9H2,1-3H3,(H,22,24)(H,23,25). The van der Waals surface area contributed by atoms with Gasteiger partial charge in [0.15, 0.2) is 0 Å². The number of aromatic hydroxyl groups is 1. The Morgan fingerprint density at radius 3 is 2.19 bits per heavy atom. The Morgan fingerprint density at radius 1 is 1.00 bits per heavy atom. The van der Waals surface area contributed by atoms with Gasteiger partial charge in [-0.3, -0.25) is 9.59 Å². The van der Waals surface area contributed by atoms with Crippen molar-refractivity contribution in [1.29, 1.82) is 0 Å². The number of carbonyl (C=O) groups is 2. The molecular formula is C20H23N3O3. The molecule has 0 atom stereocenters. The fourth-order valence-electron chi connectivity index (χ4n) is 2.39. The van der Waals surface area contributed by atoms with Gasteiger partial charge in [0, 0.05) is 18.5 Å². The van der Waals surface area contributed by atoms with Crippen LogP contribution in [-0.2, 0) is 9.59 Å². The third kappa shape index (κ3) is 5.73. The Hall–Kier alpha value is -3.15. The van der Waals surface area contributed by atoms with Gasteiger partial charge in [0.2, 0.25) is 11.8 Å². The molecule has 136 valence electrons. The molecule has 0 radical (unpaired) electrons. The molecule has 0 aliphatic rings. The van der Waals surface area contributed by atoms with Crippen LogP contribution in [-0.4, -0.2) is 23.1 Å². The molecule has 0 saturated carbocycles. The number of carbonyl (C=O) groups excluding carboxylic acids is 2. The number of nitrogens with zero attached hydrogens (tertiary/aromatic N) is 1. The summed E-state index contributed by atoms with van der Waals surface area (Å²) < 4.78 is 0. The molecule has 26 heavy (non-hydrogen) atoms. The van der Waals surface area contributed by atoms with Crippen LogP contribution in [0.1, 0.15) is 35.1 Å². The summed E-state index contributed by atoms with van der Waals surface area (Å²) in [6.07, 6.45) is 1.62. The maximum Gasteiger partial charge on any atom is 0.240 e. The van der Waals surface area contributed by atoms with Crippen molar-refractivity contribution in [2.45, 2.75) is 33.6 Å². The molecule has 0 spiro atoms. The van der Waals surface area contributed by atoms with Gasteiger partial charge >= 0.3 is 0 Å². The minimum Gasteiger partial charge on any atom is -0.507 e. The highest BCUT2D eigenvalue weighted by molar-refractivity contribution is 5.93. The zero-order valence-electron chi connectivity index (χ0n) is 15.2. The van der Waals surface area contributed by atoms with Gasteiger partial charge in [-0.05, 0) is 61.7 Å². The normalized spacial score (nSPS) is 10.7. The molecule has 0 aliphatic carbocycles. The van der Waals surface area contributed by atoms with Crippen molar-refractivity contribution in [2.75, 3.05) is 5.32 Å². The molecule has 2 amide bonds. The first-order chi connectivity index (χ1) is 12.3. The minimum absolute atomic E-state index is 0.0443. The van der Waals surface area contributed by atoms with Gasteiger partial charge in [-0.15, -0.1) is 0 Å². The van der Waals surface area contributed by atoms with Gasteiger partial charge in [-0.25, -0.2) is 5.43 Å². The van der Waals surface area contributed by atoms with E-state index in [1.165, 1.54) is 6.21 Å². The van der Waals surface area contributed by atoms with Crippen LogP contribution < -0.4 is 10.7 Å². The van der Waals surface area contributed by atoms with Gasteiger partial charge in [0.25, 0.3) is 0 Å². The van der Waals surface area contributed by atoms with E-state index in [4.69, 9.17) is 0 Å². The van der Waals surface area contributed by atoms with Crippen molar-refractivity contribution >= 4 is 23.7 Å². The third-order valence-corrected chi connectivity index (χ3v) is 3.83. The third-order valence-electron chi connectivity index (χ3n) is 3.83. The van der Waals surface area contributed by atoms with Crippen LogP contribution in [0.4, 0.5) is 5.69 Å². The maximum absolute atomic E-state index is 11.9. The molecule has 3 N–H and O–H groups in total. The zero-order valence-corrected chi connectivity index (χ0v) is 15.2. The number of amides is 2. The summed E-state index contributed by atoms with van der Waals surface area (Å²) in [4.78, 5) is 23.6. The number of phenolic OH excluding ortho intramolecular Hbond substituents is 1. The fourth-order valence-corrected chi connectivity index (χ4v) is 2.39. The number of anilines is 1. The smallest absolute Gasteiger partial charge is 0.240 e. The van der Waals surface area contributed by atoms with E-state index in [-0.39, 0.29) is 30.4 Å². The van der Waals surface area contributed by atoms with Gasteiger partial charge in [-0.1, -0.05) is 17.7 Å². The van der Waals surface area contributed by atoms with Crippen molar-refractivity contribution in [3.63, 3.8) is 0 Å². The molecule has 0 aromatic heterocycles. The first-order valence-corrected chi connectivity index (χ1v) is 8.34. The monoisotopic (exact) mass is 353 g/mol. The van der Waals surface area contributed by atoms with E-state index in [2.05, 4.69) is 15.8 Å². The number of hydrazone groups is 1. The second-order valence-electron chi connectivity index (χ2n) is 6.21. The fraction of sp³-hybridized carbons (Fsp3) is 0.250. The number of nitrogens with one attached hydrogen (secondary N) is 2. The highest BCUT2D eigenvalue weighted by atomic mass is 16.3. The number of phenols is 1. The number of rotatable bonds is 6. The SMILES string of the molecule is Cc1ccc(NC(=O)CCC(=O)NN=Cc2cc(C)c(O)c(C)c2)cc1. The summed E-state index contributed by atoms with van der Waals surface area (Å²) in [5, 5.41) is 16.4. The summed E-state index contributed by atoms with van der Waals surface area (Å²) in [5.74, 6) is -0.309. The predicted octanol–water partition coefficient (Wildman–Crippen LogP) is 3.19. The highest BCUT2D eigenvalue weighted by Crippen LogP contribution is 2.21. The maximum atomic E-state index is 11.9. The molecule has 0 bridgehead atoms. The van der Waals surface area contributed by atoms with Crippen molar-refractivity contribution in [3.05, 3.63) is 58.7 Å². The van der Waals surface area contributed by atoms with E-state index >= 15 is 0 Å². The van der Waals surface area contributed by atoms with Crippen LogP contribution in [0.3, 0.4) is 0 Å². The van der Waals surface area contributed by atoms with E-state index < -0.39 is 0 Å². The second kappa shape index (κ2) is 8.80. The number of hydrogen-bond donors (Lipinski definition) is 3. The van der Waals surface area contributed by atoms with Crippen molar-refractivity contribution in [1.82, 2.24) is 5.43 Å². The average molecular weight is 353 g/mol. The van der Waals surface area contributed by atoms with Crippen molar-refractivity contribution < 1.29 is 14.7 Å². The van der Waals surface area contributed by atoms with Crippen LogP contribution >= 0.6 is 0 Å². The molecule has 0 fully saturated rings. The van der Waals surface area contributed by atoms with Gasteiger partial charge in [0.05, 0.1) is 6.21 Å². The quantitative estimate of drug-likeness (QED) is 0.550. The topological polar surface area (TPSA) is 90.8 Å². The largest absolute Gasteiger partial charge is 0.507 e. The lowest BCUT2D eigenvalue weighted by Crippen LogP contribution is -2.20. The highest BCUT2D eigenvalue weighted by Gasteiger charge is 2.07. The number of benzene rings is 2. The lowest BCUT2D eigenvalue weighted by atomic mass is 10.1. The lowest BCUT2D eigenvalue weighted by Gasteiger charge is -2.05. The molecule has 0 unspecified atom stereocenters. The second-order valence-corrected chi connectivity index (χ2v) is 6.21. The van der Waals surface area contributed by atoms with Crippen LogP contribution in [0.5, 0.6) is 5.75 Å². The van der Waals surface area contributed by atoms with Crippen molar-refractivity contribution in [3.8, 4) is 5.75 Å². The van der Waals surface area contributed by atoms with Crippen LogP contribution in [0.15, 0.2) is 41.5 Å². The van der Waals surface area contributed by atoms with E-state index in [0.717, 1.165) is 22.3 Å². The Bertz CT molecular complexity index is 804. The lowest BCUT2D eigenvalue weighted by molar-refractivity contribution is -0.124. The predicted molar refractivity (Wildman–Crippen MR) is 102 cm³/mol. The van der Waals surface area contributed by atoms with Crippen LogP contribution in [0, 0.1) is 20.8 Å². The molecule has 0 heterocycles. The van der Waals surface area contributed by atoms with Gasteiger partial charge in [0.1, 0.15) is 5.75 Å². The van der Waals surface area contributed by atoms with Crippen molar-refractivity contribution in [2.24, 2.45) is 5.10 Å². The molecule has 6 nitrogen and oxygen atoms in total. The summed E-state index contributed by atoms with van der Waals surface area (Å²) in [6.45, 7) is 5.56. The van der Waals surface area contributed by atoms with Crippen LogP contribution in [0.2, 0.25) is 0 Å². The number of aryl methyl sites for hydroxylation is 3. The summed E-state index contributed by atoms with van der Waals surface area (Å²) in [7, 11) is 0. The minimum atomic E-state index is -0.340. The van der Waals surface area contributed by atoms with Crippen LogP contribution in [0.25, 0.3) is 0 Å². The Labute approximate surface area is 152 Å². The Balaban J connectivity index is 1.78. The zero-order chi connectivity index (χ0) is 19.1. The summed E-state index contributed by atoms with van der Waals surface area (Å²) >= 11 is 0. The van der Waals surface area contributed by atoms with E-state index in [0.29, 0.717) is 5.69 Å². The Kier molecular flexibility index (Phi) is 6.49. The Morgan fingerprint density at radius 2 is 1.58 bits per heavy atom. The first kappa shape index (κ1) is 19.2. The molecule has 6 heteroatoms. The molecule has 0 saturated heterocycles. The molecule has 2 aromatic carbocycles. The molecule has 0 aliphatic heterocycles.